The molecule has 1 amide bonds. The van der Waals surface area contributed by atoms with E-state index in [0.29, 0.717) is 12.3 Å². The number of hydrogen-bond donors (Lipinski definition) is 0. The van der Waals surface area contributed by atoms with Crippen LogP contribution in [0.2, 0.25) is 0 Å². The van der Waals surface area contributed by atoms with Crippen LogP contribution in [0.4, 0.5) is 5.69 Å². The molecule has 0 unspecified atom stereocenters. The van der Waals surface area contributed by atoms with Crippen molar-refractivity contribution in [1.82, 2.24) is 9.47 Å². The van der Waals surface area contributed by atoms with Crippen molar-refractivity contribution in [2.75, 3.05) is 13.1 Å². The van der Waals surface area contributed by atoms with Crippen LogP contribution in [0, 0.1) is 10.1 Å². The molecule has 1 saturated heterocycles. The van der Waals surface area contributed by atoms with E-state index >= 15 is 0 Å². The second kappa shape index (κ2) is 8.69. The van der Waals surface area contributed by atoms with Crippen LogP contribution < -0.4 is 0 Å². The van der Waals surface area contributed by atoms with Crippen LogP contribution >= 0.6 is 11.8 Å². The zero-order valence-corrected chi connectivity index (χ0v) is 16.9. The number of nitrogens with zero attached hydrogens (tertiary/aromatic N) is 3. The summed E-state index contributed by atoms with van der Waals surface area (Å²) in [6, 6.07) is 14.8. The molecular weight excluding hydrogens is 386 g/mol. The molecule has 3 aromatic rings. The largest absolute Gasteiger partial charge is 0.341 e. The molecule has 2 aromatic carbocycles. The predicted octanol–water partition coefficient (Wildman–Crippen LogP) is 4.85. The lowest BCUT2D eigenvalue weighted by molar-refractivity contribution is -0.384. The predicted molar refractivity (Wildman–Crippen MR) is 115 cm³/mol. The second-order valence-electron chi connectivity index (χ2n) is 7.30. The van der Waals surface area contributed by atoms with E-state index in [1.54, 1.807) is 23.9 Å². The van der Waals surface area contributed by atoms with E-state index in [2.05, 4.69) is 6.07 Å². The molecule has 0 bridgehead atoms. The number of aromatic nitrogens is 1. The molecule has 0 radical (unpaired) electrons. The second-order valence-corrected chi connectivity index (χ2v) is 8.31. The first kappa shape index (κ1) is 19.5. The van der Waals surface area contributed by atoms with Gasteiger partial charge in [0.25, 0.3) is 5.69 Å². The lowest BCUT2D eigenvalue weighted by Gasteiger charge is -2.27. The first-order valence-corrected chi connectivity index (χ1v) is 10.8. The van der Waals surface area contributed by atoms with Gasteiger partial charge >= 0.3 is 0 Å². The molecule has 0 aliphatic carbocycles. The lowest BCUT2D eigenvalue weighted by Crippen LogP contribution is -2.37. The van der Waals surface area contributed by atoms with Crippen molar-refractivity contribution in [3.63, 3.8) is 0 Å². The fourth-order valence-corrected chi connectivity index (χ4v) is 4.80. The molecule has 1 fully saturated rings. The maximum absolute atomic E-state index is 12.7. The molecule has 1 aromatic heterocycles. The number of benzene rings is 2. The van der Waals surface area contributed by atoms with Gasteiger partial charge in [-0.3, -0.25) is 14.9 Å². The van der Waals surface area contributed by atoms with Crippen molar-refractivity contribution in [2.45, 2.75) is 36.5 Å². The Balaban J connectivity index is 1.53. The SMILES string of the molecule is O=C(Cn1cc(SCc2cccc([N+](=O)[O-])c2)c2ccccc21)N1CCCCC1. The van der Waals surface area contributed by atoms with E-state index in [-0.39, 0.29) is 16.5 Å². The van der Waals surface area contributed by atoms with Gasteiger partial charge in [0.2, 0.25) is 5.91 Å². The van der Waals surface area contributed by atoms with Crippen molar-refractivity contribution in [3.05, 3.63) is 70.4 Å². The number of likely N-dealkylation sites (tertiary alicyclic amines) is 1. The topological polar surface area (TPSA) is 68.4 Å². The Labute approximate surface area is 173 Å². The van der Waals surface area contributed by atoms with Gasteiger partial charge in [-0.05, 0) is 30.9 Å². The average Bonchev–Trinajstić information content (AvgIpc) is 3.10. The zero-order valence-electron chi connectivity index (χ0n) is 16.1. The van der Waals surface area contributed by atoms with E-state index in [9.17, 15) is 14.9 Å². The minimum Gasteiger partial charge on any atom is -0.341 e. The fraction of sp³-hybridized carbons (Fsp3) is 0.318. The van der Waals surface area contributed by atoms with Crippen molar-refractivity contribution in [3.8, 4) is 0 Å². The summed E-state index contributed by atoms with van der Waals surface area (Å²) in [5, 5.41) is 12.1. The van der Waals surface area contributed by atoms with Crippen LogP contribution in [0.15, 0.2) is 59.6 Å². The summed E-state index contributed by atoms with van der Waals surface area (Å²) in [6.07, 6.45) is 5.41. The zero-order chi connectivity index (χ0) is 20.2. The minimum atomic E-state index is -0.369. The molecule has 150 valence electrons. The third-order valence-electron chi connectivity index (χ3n) is 5.28. The first-order valence-electron chi connectivity index (χ1n) is 9.83. The summed E-state index contributed by atoms with van der Waals surface area (Å²) in [5.41, 5.74) is 2.06. The Morgan fingerprint density at radius 2 is 1.86 bits per heavy atom. The highest BCUT2D eigenvalue weighted by molar-refractivity contribution is 7.98. The summed E-state index contributed by atoms with van der Waals surface area (Å²) < 4.78 is 2.03. The van der Waals surface area contributed by atoms with E-state index in [4.69, 9.17) is 0 Å². The molecule has 29 heavy (non-hydrogen) atoms. The number of carbonyl (C=O) groups is 1. The van der Waals surface area contributed by atoms with Crippen LogP contribution in [0.25, 0.3) is 10.9 Å². The maximum Gasteiger partial charge on any atom is 0.269 e. The highest BCUT2D eigenvalue weighted by atomic mass is 32.2. The number of piperidine rings is 1. The van der Waals surface area contributed by atoms with Gasteiger partial charge in [-0.15, -0.1) is 11.8 Å². The van der Waals surface area contributed by atoms with Gasteiger partial charge in [-0.1, -0.05) is 30.3 Å². The Hall–Kier alpha value is -2.80. The van der Waals surface area contributed by atoms with E-state index in [0.717, 1.165) is 47.3 Å². The van der Waals surface area contributed by atoms with Gasteiger partial charge < -0.3 is 9.47 Å². The number of hydrogen-bond acceptors (Lipinski definition) is 4. The summed E-state index contributed by atoms with van der Waals surface area (Å²) in [4.78, 5) is 26.4. The molecule has 6 nitrogen and oxygen atoms in total. The monoisotopic (exact) mass is 409 g/mol. The summed E-state index contributed by atoms with van der Waals surface area (Å²) >= 11 is 1.64. The first-order chi connectivity index (χ1) is 14.1. The highest BCUT2D eigenvalue weighted by Gasteiger charge is 2.18. The standard InChI is InChI=1S/C22H23N3O3S/c26-22(23-11-4-1-5-12-23)15-24-14-21(19-9-2-3-10-20(19)24)29-16-17-7-6-8-18(13-17)25(27)28/h2-3,6-10,13-14H,1,4-5,11-12,15-16H2. The van der Waals surface area contributed by atoms with Crippen molar-refractivity contribution in [1.29, 1.82) is 0 Å². The van der Waals surface area contributed by atoms with Gasteiger partial charge in [0.05, 0.1) is 4.92 Å². The summed E-state index contributed by atoms with van der Waals surface area (Å²) in [7, 11) is 0. The fourth-order valence-electron chi connectivity index (χ4n) is 3.77. The third kappa shape index (κ3) is 4.45. The number of non-ortho nitro benzene ring substituents is 1. The molecular formula is C22H23N3O3S. The maximum atomic E-state index is 12.7. The van der Waals surface area contributed by atoms with Crippen LogP contribution in [0.5, 0.6) is 0 Å². The number of nitro benzene ring substituents is 1. The molecule has 7 heteroatoms. The number of thioether (sulfide) groups is 1. The van der Waals surface area contributed by atoms with Gasteiger partial charge in [-0.25, -0.2) is 0 Å². The van der Waals surface area contributed by atoms with Crippen molar-refractivity contribution >= 4 is 34.3 Å². The van der Waals surface area contributed by atoms with Crippen LogP contribution in [-0.4, -0.2) is 33.4 Å². The number of fused-ring (bicyclic) bond motifs is 1. The highest BCUT2D eigenvalue weighted by Crippen LogP contribution is 2.32. The van der Waals surface area contributed by atoms with E-state index in [1.165, 1.54) is 12.5 Å². The Morgan fingerprint density at radius 3 is 2.66 bits per heavy atom. The van der Waals surface area contributed by atoms with Crippen molar-refractivity contribution in [2.24, 2.45) is 0 Å². The van der Waals surface area contributed by atoms with E-state index in [1.807, 2.05) is 39.9 Å². The van der Waals surface area contributed by atoms with Gasteiger partial charge in [0, 0.05) is 53.0 Å². The molecule has 4 rings (SSSR count). The number of carbonyl (C=O) groups excluding carboxylic acids is 1. The van der Waals surface area contributed by atoms with Crippen LogP contribution in [0.3, 0.4) is 0 Å². The lowest BCUT2D eigenvalue weighted by atomic mass is 10.1. The summed E-state index contributed by atoms with van der Waals surface area (Å²) in [5.74, 6) is 0.802. The quantitative estimate of drug-likeness (QED) is 0.331. The minimum absolute atomic E-state index is 0.109. The Bertz CT molecular complexity index is 1040. The smallest absolute Gasteiger partial charge is 0.269 e. The average molecular weight is 410 g/mol. The summed E-state index contributed by atoms with van der Waals surface area (Å²) in [6.45, 7) is 2.05. The molecule has 2 heterocycles. The van der Waals surface area contributed by atoms with Gasteiger partial charge in [0.1, 0.15) is 6.54 Å². The molecule has 0 N–H and O–H groups in total. The number of amides is 1. The normalized spacial score (nSPS) is 14.3. The Kier molecular flexibility index (Phi) is 5.85. The van der Waals surface area contributed by atoms with Gasteiger partial charge in [0.15, 0.2) is 0 Å². The van der Waals surface area contributed by atoms with Crippen LogP contribution in [-0.2, 0) is 17.1 Å². The molecule has 0 atom stereocenters. The van der Waals surface area contributed by atoms with Gasteiger partial charge in [-0.2, -0.15) is 0 Å². The van der Waals surface area contributed by atoms with E-state index < -0.39 is 0 Å². The Morgan fingerprint density at radius 1 is 1.07 bits per heavy atom. The molecule has 1 aliphatic heterocycles. The molecule has 0 spiro atoms. The molecule has 1 aliphatic rings. The van der Waals surface area contributed by atoms with Crippen LogP contribution in [0.1, 0.15) is 24.8 Å². The number of nitro groups is 1. The number of para-hydroxylation sites is 1. The third-order valence-corrected chi connectivity index (χ3v) is 6.40. The van der Waals surface area contributed by atoms with Crippen molar-refractivity contribution < 1.29 is 9.72 Å². The number of rotatable bonds is 6. The molecule has 0 saturated carbocycles.